The van der Waals surface area contributed by atoms with Crippen LogP contribution in [0.3, 0.4) is 0 Å². The van der Waals surface area contributed by atoms with E-state index in [0.29, 0.717) is 29.4 Å². The van der Waals surface area contributed by atoms with Crippen LogP contribution in [0.4, 0.5) is 5.69 Å². The molecule has 122 valence electrons. The molecule has 5 heteroatoms. The number of aromatic nitrogens is 1. The van der Waals surface area contributed by atoms with Gasteiger partial charge in [0, 0.05) is 25.6 Å². The first-order valence-electron chi connectivity index (χ1n) is 7.77. The molecule has 0 bridgehead atoms. The third-order valence-electron chi connectivity index (χ3n) is 3.59. The van der Waals surface area contributed by atoms with Gasteiger partial charge < -0.3 is 15.3 Å². The second-order valence-electron chi connectivity index (χ2n) is 5.43. The van der Waals surface area contributed by atoms with Gasteiger partial charge in [0.1, 0.15) is 11.3 Å². The minimum atomic E-state index is -0.343. The molecule has 2 rings (SSSR count). The second kappa shape index (κ2) is 7.63. The summed E-state index contributed by atoms with van der Waals surface area (Å²) in [6, 6.07) is 10.8. The van der Waals surface area contributed by atoms with Gasteiger partial charge >= 0.3 is 0 Å². The number of benzene rings is 1. The highest BCUT2D eigenvalue weighted by molar-refractivity contribution is 6.06. The maximum absolute atomic E-state index is 12.6. The molecule has 1 amide bonds. The molecule has 0 saturated carbocycles. The first-order chi connectivity index (χ1) is 11.0. The molecule has 0 aliphatic heterocycles. The van der Waals surface area contributed by atoms with E-state index in [1.54, 1.807) is 32.0 Å². The maximum Gasteiger partial charge on any atom is 0.265 e. The second-order valence-corrected chi connectivity index (χ2v) is 5.43. The number of hydrogen-bond donors (Lipinski definition) is 1. The number of unbranched alkanes of at least 4 members (excludes halogenated alkanes) is 1. The van der Waals surface area contributed by atoms with Crippen molar-refractivity contribution in [2.75, 3.05) is 11.9 Å². The molecule has 5 nitrogen and oxygen atoms in total. The number of amides is 1. The minimum absolute atomic E-state index is 0.283. The zero-order valence-corrected chi connectivity index (χ0v) is 13.8. The average molecular weight is 314 g/mol. The summed E-state index contributed by atoms with van der Waals surface area (Å²) >= 11 is 0. The van der Waals surface area contributed by atoms with Gasteiger partial charge in [0.15, 0.2) is 5.69 Å². The maximum atomic E-state index is 12.6. The fourth-order valence-electron chi connectivity index (χ4n) is 2.30. The standard InChI is InChI=1S/C18H22N2O3/c1-4-5-11-23-16-12-13(2)20(22)14(3)17(16)18(21)19-15-9-7-6-8-10-15/h6-10,12H,4-5,11H2,1-3H3,(H,19,21). The zero-order chi connectivity index (χ0) is 16.8. The molecule has 1 N–H and O–H groups in total. The van der Waals surface area contributed by atoms with E-state index in [0.717, 1.165) is 17.6 Å². The fourth-order valence-corrected chi connectivity index (χ4v) is 2.30. The van der Waals surface area contributed by atoms with E-state index in [4.69, 9.17) is 4.74 Å². The van der Waals surface area contributed by atoms with Crippen LogP contribution in [0.2, 0.25) is 0 Å². The highest BCUT2D eigenvalue weighted by Gasteiger charge is 2.24. The number of rotatable bonds is 6. The van der Waals surface area contributed by atoms with Crippen LogP contribution in [0.25, 0.3) is 0 Å². The molecule has 0 fully saturated rings. The number of carbonyl (C=O) groups excluding carboxylic acids is 1. The topological polar surface area (TPSA) is 65.3 Å². The van der Waals surface area contributed by atoms with E-state index in [-0.39, 0.29) is 11.5 Å². The van der Waals surface area contributed by atoms with Gasteiger partial charge in [-0.25, -0.2) is 0 Å². The van der Waals surface area contributed by atoms with E-state index in [1.165, 1.54) is 0 Å². The largest absolute Gasteiger partial charge is 0.618 e. The number of pyridine rings is 1. The van der Waals surface area contributed by atoms with Crippen LogP contribution < -0.4 is 14.8 Å². The third kappa shape index (κ3) is 4.00. The lowest BCUT2D eigenvalue weighted by Gasteiger charge is -2.15. The molecule has 0 saturated heterocycles. The Kier molecular flexibility index (Phi) is 5.57. The van der Waals surface area contributed by atoms with Gasteiger partial charge in [0.05, 0.1) is 6.61 Å². The number of carbonyl (C=O) groups is 1. The van der Waals surface area contributed by atoms with Crippen molar-refractivity contribution in [1.29, 1.82) is 0 Å². The van der Waals surface area contributed by atoms with Crippen molar-refractivity contribution < 1.29 is 14.3 Å². The minimum Gasteiger partial charge on any atom is -0.618 e. The molecule has 0 radical (unpaired) electrons. The lowest BCUT2D eigenvalue weighted by atomic mass is 10.1. The van der Waals surface area contributed by atoms with E-state index in [2.05, 4.69) is 12.2 Å². The van der Waals surface area contributed by atoms with E-state index < -0.39 is 0 Å². The summed E-state index contributed by atoms with van der Waals surface area (Å²) in [6.07, 6.45) is 1.89. The van der Waals surface area contributed by atoms with Gasteiger partial charge in [0.25, 0.3) is 5.91 Å². The summed E-state index contributed by atoms with van der Waals surface area (Å²) in [5, 5.41) is 14.9. The Bertz CT molecular complexity index is 684. The number of ether oxygens (including phenoxy) is 1. The molecule has 0 spiro atoms. The van der Waals surface area contributed by atoms with Gasteiger partial charge in [-0.3, -0.25) is 4.79 Å². The van der Waals surface area contributed by atoms with Crippen LogP contribution in [-0.4, -0.2) is 12.5 Å². The van der Waals surface area contributed by atoms with Crippen LogP contribution in [0.5, 0.6) is 5.75 Å². The molecule has 1 aromatic heterocycles. The number of hydrogen-bond acceptors (Lipinski definition) is 3. The van der Waals surface area contributed by atoms with Crippen molar-refractivity contribution in [3.8, 4) is 5.75 Å². The fraction of sp³-hybridized carbons (Fsp3) is 0.333. The monoisotopic (exact) mass is 314 g/mol. The van der Waals surface area contributed by atoms with Gasteiger partial charge in [0.2, 0.25) is 5.69 Å². The van der Waals surface area contributed by atoms with Crippen LogP contribution in [0.1, 0.15) is 41.5 Å². The Balaban J connectivity index is 2.34. The quantitative estimate of drug-likeness (QED) is 0.505. The summed E-state index contributed by atoms with van der Waals surface area (Å²) in [6.45, 7) is 5.92. The van der Waals surface area contributed by atoms with Crippen LogP contribution >= 0.6 is 0 Å². The van der Waals surface area contributed by atoms with Crippen molar-refractivity contribution in [3.63, 3.8) is 0 Å². The predicted octanol–water partition coefficient (Wildman–Crippen LogP) is 3.37. The van der Waals surface area contributed by atoms with Gasteiger partial charge in [-0.1, -0.05) is 31.5 Å². The molecule has 0 unspecified atom stereocenters. The van der Waals surface area contributed by atoms with Crippen LogP contribution in [0.15, 0.2) is 36.4 Å². The normalized spacial score (nSPS) is 10.4. The third-order valence-corrected chi connectivity index (χ3v) is 3.59. The lowest BCUT2D eigenvalue weighted by Crippen LogP contribution is -2.37. The van der Waals surface area contributed by atoms with Gasteiger partial charge in [-0.15, -0.1) is 0 Å². The molecule has 2 aromatic rings. The lowest BCUT2D eigenvalue weighted by molar-refractivity contribution is -0.619. The van der Waals surface area contributed by atoms with Gasteiger partial charge in [-0.05, 0) is 18.6 Å². The van der Waals surface area contributed by atoms with Crippen molar-refractivity contribution in [3.05, 3.63) is 58.6 Å². The van der Waals surface area contributed by atoms with Crippen LogP contribution in [0, 0.1) is 19.1 Å². The van der Waals surface area contributed by atoms with Crippen molar-refractivity contribution in [2.24, 2.45) is 0 Å². The van der Waals surface area contributed by atoms with E-state index >= 15 is 0 Å². The zero-order valence-electron chi connectivity index (χ0n) is 13.8. The van der Waals surface area contributed by atoms with E-state index in [1.807, 2.05) is 18.2 Å². The Morgan fingerprint density at radius 2 is 1.96 bits per heavy atom. The number of para-hydroxylation sites is 1. The highest BCUT2D eigenvalue weighted by atomic mass is 16.5. The summed E-state index contributed by atoms with van der Waals surface area (Å²) < 4.78 is 6.50. The number of anilines is 1. The molecule has 0 aliphatic carbocycles. The Morgan fingerprint density at radius 1 is 1.26 bits per heavy atom. The smallest absolute Gasteiger partial charge is 0.265 e. The summed E-state index contributed by atoms with van der Waals surface area (Å²) in [5.74, 6) is 0.110. The van der Waals surface area contributed by atoms with Crippen molar-refractivity contribution in [2.45, 2.75) is 33.6 Å². The Labute approximate surface area is 136 Å². The molecular formula is C18H22N2O3. The molecule has 1 heterocycles. The molecule has 23 heavy (non-hydrogen) atoms. The summed E-state index contributed by atoms with van der Waals surface area (Å²) in [5.41, 5.74) is 1.80. The first-order valence-corrected chi connectivity index (χ1v) is 7.77. The first kappa shape index (κ1) is 16.8. The van der Waals surface area contributed by atoms with Crippen molar-refractivity contribution in [1.82, 2.24) is 0 Å². The van der Waals surface area contributed by atoms with Gasteiger partial charge in [-0.2, -0.15) is 4.73 Å². The Hall–Kier alpha value is -2.56. The highest BCUT2D eigenvalue weighted by Crippen LogP contribution is 2.23. The van der Waals surface area contributed by atoms with E-state index in [9.17, 15) is 10.0 Å². The Morgan fingerprint density at radius 3 is 2.61 bits per heavy atom. The van der Waals surface area contributed by atoms with Crippen molar-refractivity contribution >= 4 is 11.6 Å². The molecule has 1 aromatic carbocycles. The number of nitrogens with one attached hydrogen (secondary N) is 1. The van der Waals surface area contributed by atoms with Crippen LogP contribution in [-0.2, 0) is 0 Å². The summed E-state index contributed by atoms with van der Waals surface area (Å²) in [7, 11) is 0. The number of aryl methyl sites for hydroxylation is 1. The molecular weight excluding hydrogens is 292 g/mol. The predicted molar refractivity (Wildman–Crippen MR) is 89.7 cm³/mol. The average Bonchev–Trinajstić information content (AvgIpc) is 2.54. The molecule has 0 atom stereocenters. The SMILES string of the molecule is CCCCOc1cc(C)[n+]([O-])c(C)c1C(=O)Nc1ccccc1. The number of nitrogens with zero attached hydrogens (tertiary/aromatic N) is 1. The summed E-state index contributed by atoms with van der Waals surface area (Å²) in [4.78, 5) is 12.6. The molecule has 0 aliphatic rings.